The van der Waals surface area contributed by atoms with Crippen LogP contribution in [0, 0.1) is 0 Å². The third kappa shape index (κ3) is 3.20. The highest BCUT2D eigenvalue weighted by molar-refractivity contribution is 5.81. The monoisotopic (exact) mass is 226 g/mol. The predicted molar refractivity (Wildman–Crippen MR) is 60.0 cm³/mol. The van der Waals surface area contributed by atoms with E-state index < -0.39 is 0 Å². The van der Waals surface area contributed by atoms with Crippen LogP contribution in [-0.2, 0) is 13.6 Å². The lowest BCUT2D eigenvalue weighted by atomic mass is 10.3. The van der Waals surface area contributed by atoms with Gasteiger partial charge in [-0.3, -0.25) is 9.58 Å². The van der Waals surface area contributed by atoms with Gasteiger partial charge in [0, 0.05) is 13.1 Å². The first-order chi connectivity index (χ1) is 7.54. The Balaban J connectivity index is 2.69. The van der Waals surface area contributed by atoms with Gasteiger partial charge >= 0.3 is 0 Å². The number of hydrogen-bond acceptors (Lipinski definition) is 5. The maximum absolute atomic E-state index is 8.55. The molecule has 0 spiro atoms. The molecule has 0 aliphatic heterocycles. The van der Waals surface area contributed by atoms with E-state index in [1.54, 1.807) is 4.68 Å². The summed E-state index contributed by atoms with van der Waals surface area (Å²) in [5.41, 5.74) is 5.49. The van der Waals surface area contributed by atoms with Crippen molar-refractivity contribution in [2.45, 2.75) is 26.4 Å². The molecule has 0 radical (unpaired) electrons. The van der Waals surface area contributed by atoms with Gasteiger partial charge in [-0.25, -0.2) is 4.98 Å². The Hall–Kier alpha value is -1.63. The second-order valence-corrected chi connectivity index (χ2v) is 3.89. The summed E-state index contributed by atoms with van der Waals surface area (Å²) in [5.74, 6) is 1.04. The van der Waals surface area contributed by atoms with Crippen molar-refractivity contribution in [3.05, 3.63) is 12.2 Å². The standard InChI is InChI=1S/C9H18N6O/c1-7(2)15(4-8(10)13-16)5-9-11-6-12-14(9)3/h6-7,16H,4-5H2,1-3H3,(H2,10,13). The summed E-state index contributed by atoms with van der Waals surface area (Å²) in [6.45, 7) is 5.10. The first-order valence-corrected chi connectivity index (χ1v) is 5.08. The highest BCUT2D eigenvalue weighted by atomic mass is 16.4. The number of nitrogens with zero attached hydrogens (tertiary/aromatic N) is 5. The molecule has 90 valence electrons. The van der Waals surface area contributed by atoms with E-state index >= 15 is 0 Å². The van der Waals surface area contributed by atoms with E-state index in [-0.39, 0.29) is 11.9 Å². The quantitative estimate of drug-likeness (QED) is 0.313. The van der Waals surface area contributed by atoms with Gasteiger partial charge in [0.2, 0.25) is 0 Å². The summed E-state index contributed by atoms with van der Waals surface area (Å²) < 4.78 is 1.71. The molecule has 1 rings (SSSR count). The van der Waals surface area contributed by atoms with Crippen LogP contribution < -0.4 is 5.73 Å². The molecular formula is C9H18N6O. The third-order valence-electron chi connectivity index (χ3n) is 2.37. The largest absolute Gasteiger partial charge is 0.409 e. The Morgan fingerprint density at radius 1 is 1.69 bits per heavy atom. The highest BCUT2D eigenvalue weighted by Crippen LogP contribution is 2.04. The number of hydrogen-bond donors (Lipinski definition) is 2. The fourth-order valence-corrected chi connectivity index (χ4v) is 1.31. The van der Waals surface area contributed by atoms with Gasteiger partial charge in [0.1, 0.15) is 12.2 Å². The van der Waals surface area contributed by atoms with E-state index in [0.717, 1.165) is 5.82 Å². The topological polar surface area (TPSA) is 92.6 Å². The fourth-order valence-electron chi connectivity index (χ4n) is 1.31. The summed E-state index contributed by atoms with van der Waals surface area (Å²) in [7, 11) is 1.84. The van der Waals surface area contributed by atoms with Gasteiger partial charge in [0.15, 0.2) is 5.84 Å². The van der Waals surface area contributed by atoms with E-state index in [0.29, 0.717) is 13.1 Å². The van der Waals surface area contributed by atoms with Crippen LogP contribution in [0.2, 0.25) is 0 Å². The van der Waals surface area contributed by atoms with Crippen LogP contribution in [0.5, 0.6) is 0 Å². The fraction of sp³-hybridized carbons (Fsp3) is 0.667. The molecule has 1 heterocycles. The molecule has 1 aromatic rings. The molecule has 3 N–H and O–H groups in total. The Kier molecular flexibility index (Phi) is 4.24. The minimum absolute atomic E-state index is 0.191. The zero-order chi connectivity index (χ0) is 12.1. The van der Waals surface area contributed by atoms with Crippen LogP contribution in [0.15, 0.2) is 11.5 Å². The van der Waals surface area contributed by atoms with Crippen LogP contribution in [-0.4, -0.2) is 43.3 Å². The van der Waals surface area contributed by atoms with Crippen LogP contribution >= 0.6 is 0 Å². The van der Waals surface area contributed by atoms with Gasteiger partial charge < -0.3 is 10.9 Å². The van der Waals surface area contributed by atoms with E-state index in [9.17, 15) is 0 Å². The van der Waals surface area contributed by atoms with E-state index in [1.165, 1.54) is 6.33 Å². The lowest BCUT2D eigenvalue weighted by molar-refractivity contribution is 0.230. The van der Waals surface area contributed by atoms with Crippen molar-refractivity contribution < 1.29 is 5.21 Å². The summed E-state index contributed by atoms with van der Waals surface area (Å²) in [4.78, 5) is 6.18. The number of nitrogens with two attached hydrogens (primary N) is 1. The zero-order valence-electron chi connectivity index (χ0n) is 9.83. The van der Waals surface area contributed by atoms with Gasteiger partial charge in [-0.15, -0.1) is 0 Å². The van der Waals surface area contributed by atoms with Crippen molar-refractivity contribution in [2.75, 3.05) is 6.54 Å². The van der Waals surface area contributed by atoms with Crippen LogP contribution in [0.3, 0.4) is 0 Å². The number of rotatable bonds is 5. The molecule has 0 atom stereocenters. The molecule has 0 aliphatic rings. The van der Waals surface area contributed by atoms with Crippen LogP contribution in [0.25, 0.3) is 0 Å². The molecule has 0 saturated heterocycles. The van der Waals surface area contributed by atoms with Gasteiger partial charge in [0.05, 0.1) is 13.1 Å². The second-order valence-electron chi connectivity index (χ2n) is 3.89. The van der Waals surface area contributed by atoms with Crippen molar-refractivity contribution in [2.24, 2.45) is 17.9 Å². The van der Waals surface area contributed by atoms with E-state index in [4.69, 9.17) is 10.9 Å². The van der Waals surface area contributed by atoms with Gasteiger partial charge in [-0.1, -0.05) is 5.16 Å². The normalized spacial score (nSPS) is 12.7. The average molecular weight is 226 g/mol. The van der Waals surface area contributed by atoms with E-state index in [1.807, 2.05) is 25.8 Å². The lowest BCUT2D eigenvalue weighted by Gasteiger charge is -2.24. The first kappa shape index (κ1) is 12.4. The van der Waals surface area contributed by atoms with Crippen molar-refractivity contribution in [1.82, 2.24) is 19.7 Å². The highest BCUT2D eigenvalue weighted by Gasteiger charge is 2.14. The Labute approximate surface area is 94.6 Å². The minimum Gasteiger partial charge on any atom is -0.409 e. The molecular weight excluding hydrogens is 208 g/mol. The molecule has 0 bridgehead atoms. The summed E-state index contributed by atoms with van der Waals surface area (Å²) in [6, 6.07) is 0.275. The third-order valence-corrected chi connectivity index (χ3v) is 2.37. The van der Waals surface area contributed by atoms with Gasteiger partial charge in [-0.05, 0) is 13.8 Å². The summed E-state index contributed by atoms with van der Waals surface area (Å²) in [6.07, 6.45) is 1.51. The lowest BCUT2D eigenvalue weighted by Crippen LogP contribution is -2.38. The summed E-state index contributed by atoms with van der Waals surface area (Å²) >= 11 is 0. The summed E-state index contributed by atoms with van der Waals surface area (Å²) in [5, 5.41) is 15.5. The SMILES string of the molecule is CC(C)N(CC(N)=NO)Cc1ncnn1C. The maximum atomic E-state index is 8.55. The number of aryl methyl sites for hydroxylation is 1. The molecule has 0 fully saturated rings. The molecule has 1 aromatic heterocycles. The molecule has 0 aromatic carbocycles. The predicted octanol–water partition coefficient (Wildman–Crippen LogP) is -0.228. The second kappa shape index (κ2) is 5.45. The minimum atomic E-state index is 0.191. The van der Waals surface area contributed by atoms with Gasteiger partial charge in [-0.2, -0.15) is 5.10 Å². The Morgan fingerprint density at radius 2 is 2.38 bits per heavy atom. The van der Waals surface area contributed by atoms with Gasteiger partial charge in [0.25, 0.3) is 0 Å². The average Bonchev–Trinajstić information content (AvgIpc) is 2.63. The molecule has 0 unspecified atom stereocenters. The molecule has 7 heteroatoms. The van der Waals surface area contributed by atoms with Crippen molar-refractivity contribution in [3.63, 3.8) is 0 Å². The van der Waals surface area contributed by atoms with Crippen molar-refractivity contribution in [3.8, 4) is 0 Å². The zero-order valence-corrected chi connectivity index (χ0v) is 9.83. The number of amidine groups is 1. The van der Waals surface area contributed by atoms with E-state index in [2.05, 4.69) is 15.2 Å². The Morgan fingerprint density at radius 3 is 2.81 bits per heavy atom. The molecule has 7 nitrogen and oxygen atoms in total. The molecule has 0 saturated carbocycles. The molecule has 0 amide bonds. The number of oxime groups is 1. The van der Waals surface area contributed by atoms with Crippen molar-refractivity contribution >= 4 is 5.84 Å². The van der Waals surface area contributed by atoms with Crippen LogP contribution in [0.4, 0.5) is 0 Å². The smallest absolute Gasteiger partial charge is 0.153 e. The Bertz CT molecular complexity index is 359. The maximum Gasteiger partial charge on any atom is 0.153 e. The molecule has 16 heavy (non-hydrogen) atoms. The molecule has 0 aliphatic carbocycles. The number of aromatic nitrogens is 3. The van der Waals surface area contributed by atoms with Crippen molar-refractivity contribution in [1.29, 1.82) is 0 Å². The first-order valence-electron chi connectivity index (χ1n) is 5.08. The van der Waals surface area contributed by atoms with Crippen LogP contribution in [0.1, 0.15) is 19.7 Å².